The zero-order valence-corrected chi connectivity index (χ0v) is 13.2. The Kier molecular flexibility index (Phi) is 3.95. The van der Waals surface area contributed by atoms with Gasteiger partial charge in [-0.25, -0.2) is 4.79 Å². The SMILES string of the molecule is O=C1OC(c2ccc(Br)cc2)=C/C1=C/c1ccc(Cl)cc1. The van der Waals surface area contributed by atoms with Crippen LogP contribution in [0.1, 0.15) is 11.1 Å². The Morgan fingerprint density at radius 2 is 1.67 bits per heavy atom. The lowest BCUT2D eigenvalue weighted by atomic mass is 10.1. The van der Waals surface area contributed by atoms with E-state index in [4.69, 9.17) is 16.3 Å². The second-order valence-electron chi connectivity index (χ2n) is 4.56. The van der Waals surface area contributed by atoms with Crippen molar-refractivity contribution >= 4 is 45.3 Å². The molecule has 1 heterocycles. The van der Waals surface area contributed by atoms with Crippen molar-refractivity contribution in [2.24, 2.45) is 0 Å². The fraction of sp³-hybridized carbons (Fsp3) is 0. The van der Waals surface area contributed by atoms with Gasteiger partial charge < -0.3 is 4.74 Å². The van der Waals surface area contributed by atoms with Crippen LogP contribution in [0.3, 0.4) is 0 Å². The van der Waals surface area contributed by atoms with Crippen LogP contribution >= 0.6 is 27.5 Å². The number of hydrogen-bond acceptors (Lipinski definition) is 2. The Bertz CT molecular complexity index is 743. The van der Waals surface area contributed by atoms with Gasteiger partial charge in [0.2, 0.25) is 0 Å². The second-order valence-corrected chi connectivity index (χ2v) is 5.91. The van der Waals surface area contributed by atoms with Gasteiger partial charge in [-0.2, -0.15) is 0 Å². The Balaban J connectivity index is 1.91. The summed E-state index contributed by atoms with van der Waals surface area (Å²) in [7, 11) is 0. The zero-order chi connectivity index (χ0) is 14.8. The lowest BCUT2D eigenvalue weighted by Crippen LogP contribution is -1.97. The summed E-state index contributed by atoms with van der Waals surface area (Å²) in [5, 5.41) is 0.664. The summed E-state index contributed by atoms with van der Waals surface area (Å²) in [6.45, 7) is 0. The summed E-state index contributed by atoms with van der Waals surface area (Å²) in [6, 6.07) is 14.9. The van der Waals surface area contributed by atoms with Gasteiger partial charge >= 0.3 is 5.97 Å². The number of benzene rings is 2. The first-order valence-corrected chi connectivity index (χ1v) is 7.46. The lowest BCUT2D eigenvalue weighted by molar-refractivity contribution is -0.130. The Labute approximate surface area is 135 Å². The molecule has 0 amide bonds. The molecule has 0 atom stereocenters. The molecule has 2 aromatic carbocycles. The fourth-order valence-corrected chi connectivity index (χ4v) is 2.37. The Hall–Kier alpha value is -1.84. The highest BCUT2D eigenvalue weighted by atomic mass is 79.9. The minimum Gasteiger partial charge on any atom is -0.422 e. The first-order chi connectivity index (χ1) is 10.1. The highest BCUT2D eigenvalue weighted by Crippen LogP contribution is 2.28. The van der Waals surface area contributed by atoms with E-state index < -0.39 is 0 Å². The Morgan fingerprint density at radius 3 is 2.33 bits per heavy atom. The molecule has 1 aliphatic heterocycles. The predicted molar refractivity (Wildman–Crippen MR) is 87.6 cm³/mol. The summed E-state index contributed by atoms with van der Waals surface area (Å²) in [5.74, 6) is 0.218. The van der Waals surface area contributed by atoms with Crippen molar-refractivity contribution in [3.8, 4) is 0 Å². The third-order valence-corrected chi connectivity index (χ3v) is 3.83. The van der Waals surface area contributed by atoms with Crippen LogP contribution < -0.4 is 0 Å². The van der Waals surface area contributed by atoms with Crippen molar-refractivity contribution < 1.29 is 9.53 Å². The molecule has 0 saturated heterocycles. The van der Waals surface area contributed by atoms with E-state index in [2.05, 4.69) is 15.9 Å². The van der Waals surface area contributed by atoms with Crippen molar-refractivity contribution in [2.75, 3.05) is 0 Å². The molecular weight excluding hydrogens is 352 g/mol. The number of hydrogen-bond donors (Lipinski definition) is 0. The van der Waals surface area contributed by atoms with Gasteiger partial charge in [0, 0.05) is 15.1 Å². The largest absolute Gasteiger partial charge is 0.422 e. The van der Waals surface area contributed by atoms with E-state index >= 15 is 0 Å². The summed E-state index contributed by atoms with van der Waals surface area (Å²) in [4.78, 5) is 11.9. The molecule has 2 aromatic rings. The van der Waals surface area contributed by atoms with Gasteiger partial charge in [0.15, 0.2) is 0 Å². The molecule has 0 aromatic heterocycles. The average Bonchev–Trinajstić information content (AvgIpc) is 2.83. The number of carbonyl (C=O) groups is 1. The normalized spacial score (nSPS) is 16.0. The molecular formula is C17H10BrClO2. The molecule has 21 heavy (non-hydrogen) atoms. The monoisotopic (exact) mass is 360 g/mol. The van der Waals surface area contributed by atoms with E-state index in [1.807, 2.05) is 36.4 Å². The van der Waals surface area contributed by atoms with Crippen LogP contribution in [0.5, 0.6) is 0 Å². The van der Waals surface area contributed by atoms with E-state index in [0.717, 1.165) is 15.6 Å². The van der Waals surface area contributed by atoms with Crippen molar-refractivity contribution in [1.82, 2.24) is 0 Å². The maximum Gasteiger partial charge on any atom is 0.343 e. The quantitative estimate of drug-likeness (QED) is 0.550. The molecule has 0 radical (unpaired) electrons. The van der Waals surface area contributed by atoms with Gasteiger partial charge in [0.05, 0.1) is 5.57 Å². The number of ether oxygens (including phenoxy) is 1. The van der Waals surface area contributed by atoms with Crippen molar-refractivity contribution in [3.63, 3.8) is 0 Å². The van der Waals surface area contributed by atoms with E-state index in [-0.39, 0.29) is 5.97 Å². The van der Waals surface area contributed by atoms with Crippen molar-refractivity contribution in [2.45, 2.75) is 0 Å². The van der Waals surface area contributed by atoms with Crippen LogP contribution in [0.4, 0.5) is 0 Å². The van der Waals surface area contributed by atoms with Gasteiger partial charge in [-0.1, -0.05) is 51.8 Å². The van der Waals surface area contributed by atoms with Crippen LogP contribution in [0.2, 0.25) is 5.02 Å². The van der Waals surface area contributed by atoms with E-state index in [0.29, 0.717) is 16.4 Å². The summed E-state index contributed by atoms with van der Waals surface area (Å²) >= 11 is 9.22. The van der Waals surface area contributed by atoms with Gasteiger partial charge in [-0.15, -0.1) is 0 Å². The highest BCUT2D eigenvalue weighted by molar-refractivity contribution is 9.10. The number of halogens is 2. The van der Waals surface area contributed by atoms with Crippen LogP contribution in [-0.2, 0) is 9.53 Å². The molecule has 104 valence electrons. The third kappa shape index (κ3) is 3.26. The topological polar surface area (TPSA) is 26.3 Å². The zero-order valence-electron chi connectivity index (χ0n) is 10.8. The van der Waals surface area contributed by atoms with Crippen molar-refractivity contribution in [1.29, 1.82) is 0 Å². The van der Waals surface area contributed by atoms with Crippen molar-refractivity contribution in [3.05, 3.63) is 80.8 Å². The van der Waals surface area contributed by atoms with Crippen LogP contribution in [0.15, 0.2) is 64.7 Å². The smallest absolute Gasteiger partial charge is 0.343 e. The van der Waals surface area contributed by atoms with Crippen LogP contribution in [0, 0.1) is 0 Å². The molecule has 0 aliphatic carbocycles. The first kappa shape index (κ1) is 14.1. The second kappa shape index (κ2) is 5.88. The predicted octanol–water partition coefficient (Wildman–Crippen LogP) is 5.08. The third-order valence-electron chi connectivity index (χ3n) is 3.05. The molecule has 0 fully saturated rings. The average molecular weight is 362 g/mol. The Morgan fingerprint density at radius 1 is 1.00 bits per heavy atom. The summed E-state index contributed by atoms with van der Waals surface area (Å²) < 4.78 is 6.29. The van der Waals surface area contributed by atoms with E-state index in [1.165, 1.54) is 0 Å². The minimum absolute atomic E-state index is 0.345. The maximum atomic E-state index is 11.9. The fourth-order valence-electron chi connectivity index (χ4n) is 1.98. The molecule has 0 unspecified atom stereocenters. The molecule has 0 bridgehead atoms. The number of rotatable bonds is 2. The number of cyclic esters (lactones) is 1. The van der Waals surface area contributed by atoms with Gasteiger partial charge in [0.25, 0.3) is 0 Å². The van der Waals surface area contributed by atoms with E-state index in [9.17, 15) is 4.79 Å². The molecule has 2 nitrogen and oxygen atoms in total. The lowest BCUT2D eigenvalue weighted by Gasteiger charge is -2.01. The van der Waals surface area contributed by atoms with Crippen LogP contribution in [0.25, 0.3) is 11.8 Å². The first-order valence-electron chi connectivity index (χ1n) is 6.29. The molecule has 0 saturated carbocycles. The highest BCUT2D eigenvalue weighted by Gasteiger charge is 2.21. The number of esters is 1. The van der Waals surface area contributed by atoms with Gasteiger partial charge in [-0.3, -0.25) is 0 Å². The summed E-state index contributed by atoms with van der Waals surface area (Å²) in [6.07, 6.45) is 3.53. The molecule has 0 spiro atoms. The van der Waals surface area contributed by atoms with Gasteiger partial charge in [-0.05, 0) is 42.0 Å². The van der Waals surface area contributed by atoms with Gasteiger partial charge in [0.1, 0.15) is 5.76 Å². The molecule has 3 rings (SSSR count). The molecule has 4 heteroatoms. The minimum atomic E-state index is -0.345. The standard InChI is InChI=1S/C17H10BrClO2/c18-14-5-3-12(4-6-14)16-10-13(17(20)21-16)9-11-1-7-15(19)8-2-11/h1-10H/b13-9-. The molecule has 0 N–H and O–H groups in total. The van der Waals surface area contributed by atoms with Crippen LogP contribution in [-0.4, -0.2) is 5.97 Å². The maximum absolute atomic E-state index is 11.9. The van der Waals surface area contributed by atoms with E-state index in [1.54, 1.807) is 24.3 Å². The molecule has 1 aliphatic rings. The summed E-state index contributed by atoms with van der Waals surface area (Å²) in [5.41, 5.74) is 2.29. The number of carbonyl (C=O) groups excluding carboxylic acids is 1.